The molecule has 2 aromatic rings. The first-order chi connectivity index (χ1) is 12.1. The van der Waals surface area contributed by atoms with Crippen LogP contribution in [0.4, 0.5) is 0 Å². The van der Waals surface area contributed by atoms with E-state index >= 15 is 0 Å². The lowest BCUT2D eigenvalue weighted by Crippen LogP contribution is -2.59. The van der Waals surface area contributed by atoms with Gasteiger partial charge in [0.15, 0.2) is 6.29 Å². The van der Waals surface area contributed by atoms with Gasteiger partial charge >= 0.3 is 0 Å². The maximum atomic E-state index is 10.6. The Kier molecular flexibility index (Phi) is 4.78. The van der Waals surface area contributed by atoms with Gasteiger partial charge in [0, 0.05) is 10.6 Å². The zero-order valence-corrected chi connectivity index (χ0v) is 14.1. The van der Waals surface area contributed by atoms with Gasteiger partial charge in [0.1, 0.15) is 30.5 Å². The van der Waals surface area contributed by atoms with E-state index in [0.717, 1.165) is 11.1 Å². The zero-order chi connectivity index (χ0) is 17.4. The van der Waals surface area contributed by atoms with Crippen LogP contribution < -0.4 is 0 Å². The molecule has 2 saturated heterocycles. The Hall–Kier alpha value is -1.47. The van der Waals surface area contributed by atoms with Crippen LogP contribution in [0.5, 0.6) is 0 Å². The Balaban J connectivity index is 1.52. The van der Waals surface area contributed by atoms with Crippen LogP contribution in [0.1, 0.15) is 23.5 Å². The number of fused-ring (bicyclic) bond motifs is 1. The monoisotopic (exact) mass is 362 g/mol. The Morgan fingerprint density at radius 3 is 2.28 bits per heavy atom. The molecule has 2 N–H and O–H groups in total. The van der Waals surface area contributed by atoms with E-state index in [1.165, 1.54) is 0 Å². The average molecular weight is 363 g/mol. The fraction of sp³-hybridized carbons (Fsp3) is 0.368. The number of aliphatic hydroxyl groups is 2. The highest BCUT2D eigenvalue weighted by atomic mass is 35.5. The molecule has 2 fully saturated rings. The third-order valence-corrected chi connectivity index (χ3v) is 4.90. The Morgan fingerprint density at radius 2 is 1.56 bits per heavy atom. The molecule has 0 spiro atoms. The first kappa shape index (κ1) is 17.0. The highest BCUT2D eigenvalue weighted by Crippen LogP contribution is 2.39. The molecule has 0 aliphatic carbocycles. The lowest BCUT2D eigenvalue weighted by molar-refractivity contribution is -0.330. The number of benzene rings is 2. The first-order valence-electron chi connectivity index (χ1n) is 8.22. The van der Waals surface area contributed by atoms with Gasteiger partial charge in [0.2, 0.25) is 0 Å². The van der Waals surface area contributed by atoms with E-state index in [1.807, 2.05) is 42.5 Å². The van der Waals surface area contributed by atoms with Gasteiger partial charge in [-0.2, -0.15) is 0 Å². The van der Waals surface area contributed by atoms with Crippen molar-refractivity contribution >= 4 is 11.6 Å². The summed E-state index contributed by atoms with van der Waals surface area (Å²) in [5, 5.41) is 21.7. The molecule has 2 heterocycles. The van der Waals surface area contributed by atoms with E-state index in [-0.39, 0.29) is 6.61 Å². The summed E-state index contributed by atoms with van der Waals surface area (Å²) in [5.41, 5.74) is 1.61. The quantitative estimate of drug-likeness (QED) is 0.859. The van der Waals surface area contributed by atoms with Crippen molar-refractivity contribution in [2.75, 3.05) is 6.61 Å². The summed E-state index contributed by atoms with van der Waals surface area (Å²) in [5.74, 6) is 0. The van der Waals surface area contributed by atoms with Gasteiger partial charge in [0.25, 0.3) is 0 Å². The van der Waals surface area contributed by atoms with E-state index in [4.69, 9.17) is 25.8 Å². The molecule has 2 aromatic carbocycles. The van der Waals surface area contributed by atoms with Crippen LogP contribution in [-0.4, -0.2) is 41.2 Å². The third-order valence-electron chi connectivity index (χ3n) is 4.65. The van der Waals surface area contributed by atoms with Gasteiger partial charge in [-0.25, -0.2) is 0 Å². The predicted octanol–water partition coefficient (Wildman–Crippen LogP) is 2.62. The largest absolute Gasteiger partial charge is 0.387 e. The summed E-state index contributed by atoms with van der Waals surface area (Å²) >= 11 is 5.90. The fourth-order valence-electron chi connectivity index (χ4n) is 3.32. The summed E-state index contributed by atoms with van der Waals surface area (Å²) in [6.07, 6.45) is -4.50. The lowest BCUT2D eigenvalue weighted by atomic mass is 9.90. The molecule has 0 amide bonds. The third kappa shape index (κ3) is 3.31. The van der Waals surface area contributed by atoms with Gasteiger partial charge in [-0.3, -0.25) is 0 Å². The van der Waals surface area contributed by atoms with E-state index in [2.05, 4.69) is 0 Å². The highest BCUT2D eigenvalue weighted by molar-refractivity contribution is 6.30. The summed E-state index contributed by atoms with van der Waals surface area (Å²) in [6.45, 7) is 0.269. The van der Waals surface area contributed by atoms with Crippen LogP contribution in [0.15, 0.2) is 54.6 Å². The summed E-state index contributed by atoms with van der Waals surface area (Å²) in [7, 11) is 0. The molecule has 6 atom stereocenters. The molecule has 2 aliphatic rings. The average Bonchev–Trinajstić information content (AvgIpc) is 2.66. The number of halogens is 1. The van der Waals surface area contributed by atoms with Crippen LogP contribution in [-0.2, 0) is 14.2 Å². The Labute approximate surface area is 150 Å². The van der Waals surface area contributed by atoms with Gasteiger partial charge in [0.05, 0.1) is 6.61 Å². The van der Waals surface area contributed by atoms with Gasteiger partial charge in [-0.1, -0.05) is 54.1 Å². The molecule has 0 unspecified atom stereocenters. The molecule has 4 rings (SSSR count). The summed E-state index contributed by atoms with van der Waals surface area (Å²) in [4.78, 5) is 0. The Bertz CT molecular complexity index is 706. The molecule has 0 aromatic heterocycles. The lowest BCUT2D eigenvalue weighted by Gasteiger charge is -2.46. The van der Waals surface area contributed by atoms with E-state index in [0.29, 0.717) is 5.02 Å². The smallest absolute Gasteiger partial charge is 0.184 e. The van der Waals surface area contributed by atoms with Gasteiger partial charge in [-0.15, -0.1) is 0 Å². The van der Waals surface area contributed by atoms with Crippen LogP contribution in [0.25, 0.3) is 0 Å². The topological polar surface area (TPSA) is 68.2 Å². The minimum atomic E-state index is -1.08. The van der Waals surface area contributed by atoms with Crippen molar-refractivity contribution in [1.82, 2.24) is 0 Å². The SMILES string of the molecule is O[C@@H]1[C@@H](O)[C@H](c2ccccc2)O[C@@H]2CO[C@@H](c3ccc(Cl)cc3)O[C@@H]12. The number of hydrogen-bond donors (Lipinski definition) is 2. The molecule has 5 nitrogen and oxygen atoms in total. The van der Waals surface area contributed by atoms with Crippen molar-refractivity contribution in [1.29, 1.82) is 0 Å². The number of aliphatic hydroxyl groups excluding tert-OH is 2. The molecular weight excluding hydrogens is 344 g/mol. The molecular formula is C19H19ClO5. The number of ether oxygens (including phenoxy) is 3. The minimum absolute atomic E-state index is 0.269. The van der Waals surface area contributed by atoms with E-state index in [9.17, 15) is 10.2 Å². The van der Waals surface area contributed by atoms with Gasteiger partial charge in [-0.05, 0) is 17.7 Å². The molecule has 0 saturated carbocycles. The molecule has 25 heavy (non-hydrogen) atoms. The predicted molar refractivity (Wildman–Crippen MR) is 91.1 cm³/mol. The van der Waals surface area contributed by atoms with E-state index < -0.39 is 36.8 Å². The second-order valence-electron chi connectivity index (χ2n) is 6.30. The van der Waals surface area contributed by atoms with Crippen molar-refractivity contribution < 1.29 is 24.4 Å². The molecule has 0 radical (unpaired) electrons. The fourth-order valence-corrected chi connectivity index (χ4v) is 3.45. The minimum Gasteiger partial charge on any atom is -0.387 e. The first-order valence-corrected chi connectivity index (χ1v) is 8.60. The van der Waals surface area contributed by atoms with Crippen molar-refractivity contribution in [2.45, 2.75) is 36.8 Å². The maximum absolute atomic E-state index is 10.6. The summed E-state index contributed by atoms with van der Waals surface area (Å²) in [6, 6.07) is 16.5. The summed E-state index contributed by atoms with van der Waals surface area (Å²) < 4.78 is 17.6. The zero-order valence-electron chi connectivity index (χ0n) is 13.4. The number of hydrogen-bond acceptors (Lipinski definition) is 5. The van der Waals surface area contributed by atoms with Gasteiger partial charge < -0.3 is 24.4 Å². The van der Waals surface area contributed by atoms with Crippen LogP contribution in [0, 0.1) is 0 Å². The van der Waals surface area contributed by atoms with Crippen molar-refractivity contribution in [3.63, 3.8) is 0 Å². The van der Waals surface area contributed by atoms with Crippen LogP contribution >= 0.6 is 11.6 Å². The standard InChI is InChI=1S/C19H19ClO5/c20-13-8-6-12(7-9-13)19-23-10-14-18(25-19)16(22)15(21)17(24-14)11-4-2-1-3-5-11/h1-9,14-19,21-22H,10H2/t14-,15-,16-,17+,18-,19-/m1/s1. The van der Waals surface area contributed by atoms with E-state index in [1.54, 1.807) is 12.1 Å². The molecule has 6 heteroatoms. The second kappa shape index (κ2) is 7.03. The van der Waals surface area contributed by atoms with Crippen LogP contribution in [0.3, 0.4) is 0 Å². The molecule has 2 aliphatic heterocycles. The van der Waals surface area contributed by atoms with Crippen LogP contribution in [0.2, 0.25) is 5.02 Å². The number of rotatable bonds is 2. The normalized spacial score (nSPS) is 35.2. The second-order valence-corrected chi connectivity index (χ2v) is 6.74. The molecule has 0 bridgehead atoms. The maximum Gasteiger partial charge on any atom is 0.184 e. The van der Waals surface area contributed by atoms with Crippen molar-refractivity contribution in [3.05, 3.63) is 70.7 Å². The highest BCUT2D eigenvalue weighted by Gasteiger charge is 2.49. The van der Waals surface area contributed by atoms with Crippen molar-refractivity contribution in [3.8, 4) is 0 Å². The van der Waals surface area contributed by atoms with Crippen molar-refractivity contribution in [2.24, 2.45) is 0 Å². The Morgan fingerprint density at radius 1 is 0.840 bits per heavy atom. The molecule has 132 valence electrons.